The summed E-state index contributed by atoms with van der Waals surface area (Å²) in [5, 5.41) is 8.35. The number of halogens is 3. The molecule has 0 saturated carbocycles. The van der Waals surface area contributed by atoms with E-state index in [2.05, 4.69) is 0 Å². The van der Waals surface area contributed by atoms with Crippen LogP contribution in [0.2, 0.25) is 0 Å². The Kier molecular flexibility index (Phi) is 2.61. The van der Waals surface area contributed by atoms with Crippen LogP contribution in [0.5, 0.6) is 0 Å². The average Bonchev–Trinajstić information content (AvgIpc) is 1.82. The maximum absolute atomic E-state index is 12.7. The molecule has 0 aliphatic carbocycles. The number of aromatic carboxylic acids is 1. The molecular formula is C7H3F2IO2. The predicted octanol–water partition coefficient (Wildman–Crippen LogP) is 2.27. The fourth-order valence-electron chi connectivity index (χ4n) is 0.747. The molecule has 0 radical (unpaired) electrons. The van der Waals surface area contributed by atoms with Crippen LogP contribution in [0, 0.1) is 15.2 Å². The Hall–Kier alpha value is -0.720. The number of carbonyl (C=O) groups is 1. The minimum Gasteiger partial charge on any atom is -0.477 e. The van der Waals surface area contributed by atoms with E-state index >= 15 is 0 Å². The zero-order valence-electron chi connectivity index (χ0n) is 5.64. The van der Waals surface area contributed by atoms with Gasteiger partial charge in [-0.15, -0.1) is 0 Å². The molecule has 0 saturated heterocycles. The summed E-state index contributed by atoms with van der Waals surface area (Å²) >= 11 is 1.70. The Bertz CT molecular complexity index is 315. The summed E-state index contributed by atoms with van der Waals surface area (Å²) in [6.07, 6.45) is 0. The van der Waals surface area contributed by atoms with Crippen LogP contribution in [-0.2, 0) is 0 Å². The van der Waals surface area contributed by atoms with Crippen LogP contribution in [0.3, 0.4) is 0 Å². The molecule has 0 heterocycles. The summed E-state index contributed by atoms with van der Waals surface area (Å²) in [5.74, 6) is -3.69. The normalized spacial score (nSPS) is 9.92. The molecule has 1 rings (SSSR count). The van der Waals surface area contributed by atoms with Gasteiger partial charge in [0.1, 0.15) is 17.2 Å². The third-order valence-electron chi connectivity index (χ3n) is 1.22. The van der Waals surface area contributed by atoms with Crippen LogP contribution in [-0.4, -0.2) is 11.1 Å². The quantitative estimate of drug-likeness (QED) is 0.803. The molecule has 64 valence electrons. The molecular weight excluding hydrogens is 281 g/mol. The highest BCUT2D eigenvalue weighted by atomic mass is 127. The van der Waals surface area contributed by atoms with Crippen molar-refractivity contribution in [3.05, 3.63) is 32.9 Å². The highest BCUT2D eigenvalue weighted by molar-refractivity contribution is 14.1. The molecule has 0 atom stereocenters. The zero-order chi connectivity index (χ0) is 9.30. The first-order valence-electron chi connectivity index (χ1n) is 2.90. The van der Waals surface area contributed by atoms with Crippen molar-refractivity contribution in [2.45, 2.75) is 0 Å². The van der Waals surface area contributed by atoms with Crippen molar-refractivity contribution in [3.8, 4) is 0 Å². The predicted molar refractivity (Wildman–Crippen MR) is 46.0 cm³/mol. The van der Waals surface area contributed by atoms with Gasteiger partial charge >= 0.3 is 5.97 Å². The molecule has 0 aliphatic heterocycles. The second kappa shape index (κ2) is 3.34. The maximum atomic E-state index is 12.7. The second-order valence-corrected chi connectivity index (χ2v) is 3.30. The van der Waals surface area contributed by atoms with E-state index in [0.717, 1.165) is 12.1 Å². The van der Waals surface area contributed by atoms with Crippen molar-refractivity contribution in [3.63, 3.8) is 0 Å². The average molecular weight is 284 g/mol. The lowest BCUT2D eigenvalue weighted by atomic mass is 10.2. The number of hydrogen-bond acceptors (Lipinski definition) is 1. The fraction of sp³-hybridized carbons (Fsp3) is 0. The van der Waals surface area contributed by atoms with Gasteiger partial charge in [-0.2, -0.15) is 0 Å². The Morgan fingerprint density at radius 2 is 1.75 bits per heavy atom. The fourth-order valence-corrected chi connectivity index (χ4v) is 1.29. The molecule has 0 aromatic heterocycles. The lowest BCUT2D eigenvalue weighted by Crippen LogP contribution is -2.04. The first-order chi connectivity index (χ1) is 5.52. The zero-order valence-corrected chi connectivity index (χ0v) is 7.80. The van der Waals surface area contributed by atoms with Crippen LogP contribution in [0.25, 0.3) is 0 Å². The van der Waals surface area contributed by atoms with E-state index in [-0.39, 0.29) is 0 Å². The van der Waals surface area contributed by atoms with Crippen LogP contribution < -0.4 is 0 Å². The first-order valence-corrected chi connectivity index (χ1v) is 3.98. The summed E-state index contributed by atoms with van der Waals surface area (Å²) in [5.41, 5.74) is -0.907. The maximum Gasteiger partial charge on any atom is 0.341 e. The minimum absolute atomic E-state index is 0.326. The summed E-state index contributed by atoms with van der Waals surface area (Å²) in [4.78, 5) is 10.3. The molecule has 1 aromatic carbocycles. The summed E-state index contributed by atoms with van der Waals surface area (Å²) in [6, 6.07) is 1.93. The first kappa shape index (κ1) is 9.37. The van der Waals surface area contributed by atoms with E-state index in [1.54, 1.807) is 22.6 Å². The molecule has 0 spiro atoms. The van der Waals surface area contributed by atoms with Gasteiger partial charge in [-0.25, -0.2) is 13.6 Å². The van der Waals surface area contributed by atoms with Gasteiger partial charge in [0.15, 0.2) is 0 Å². The topological polar surface area (TPSA) is 37.3 Å². The standard InChI is InChI=1S/C7H3F2IO2/c8-4-1-3(10)2-5(9)6(4)7(11)12/h1-2H,(H,11,12). The third-order valence-corrected chi connectivity index (χ3v) is 1.84. The minimum atomic E-state index is -1.60. The number of benzene rings is 1. The summed E-state index contributed by atoms with van der Waals surface area (Å²) in [7, 11) is 0. The van der Waals surface area contributed by atoms with Crippen LogP contribution in [0.4, 0.5) is 8.78 Å². The monoisotopic (exact) mass is 284 g/mol. The van der Waals surface area contributed by atoms with Crippen LogP contribution in [0.15, 0.2) is 12.1 Å². The van der Waals surface area contributed by atoms with Gasteiger partial charge in [0.25, 0.3) is 0 Å². The van der Waals surface area contributed by atoms with E-state index in [0.29, 0.717) is 3.57 Å². The molecule has 1 N–H and O–H groups in total. The van der Waals surface area contributed by atoms with Crippen LogP contribution >= 0.6 is 22.6 Å². The van der Waals surface area contributed by atoms with Gasteiger partial charge in [-0.1, -0.05) is 0 Å². The van der Waals surface area contributed by atoms with E-state index in [9.17, 15) is 13.6 Å². The number of hydrogen-bond donors (Lipinski definition) is 1. The summed E-state index contributed by atoms with van der Waals surface area (Å²) < 4.78 is 25.8. The Labute approximate surface area is 80.3 Å². The van der Waals surface area contributed by atoms with Crippen molar-refractivity contribution >= 4 is 28.6 Å². The molecule has 0 amide bonds. The molecule has 0 unspecified atom stereocenters. The number of carboxylic acids is 1. The van der Waals surface area contributed by atoms with Crippen molar-refractivity contribution in [2.24, 2.45) is 0 Å². The SMILES string of the molecule is O=C(O)c1c(F)cc(I)cc1F. The molecule has 5 heteroatoms. The van der Waals surface area contributed by atoms with Gasteiger partial charge in [-0.3, -0.25) is 0 Å². The van der Waals surface area contributed by atoms with Gasteiger partial charge in [-0.05, 0) is 34.7 Å². The smallest absolute Gasteiger partial charge is 0.341 e. The molecule has 12 heavy (non-hydrogen) atoms. The molecule has 2 nitrogen and oxygen atoms in total. The highest BCUT2D eigenvalue weighted by Crippen LogP contribution is 2.16. The van der Waals surface area contributed by atoms with Gasteiger partial charge < -0.3 is 5.11 Å². The Morgan fingerprint density at radius 1 is 1.33 bits per heavy atom. The second-order valence-electron chi connectivity index (χ2n) is 2.05. The molecule has 0 aliphatic rings. The summed E-state index contributed by atoms with van der Waals surface area (Å²) in [6.45, 7) is 0. The lowest BCUT2D eigenvalue weighted by Gasteiger charge is -1.99. The number of rotatable bonds is 1. The van der Waals surface area contributed by atoms with Gasteiger partial charge in [0.2, 0.25) is 0 Å². The third kappa shape index (κ3) is 1.71. The van der Waals surface area contributed by atoms with Crippen molar-refractivity contribution in [1.29, 1.82) is 0 Å². The van der Waals surface area contributed by atoms with E-state index in [1.165, 1.54) is 0 Å². The van der Waals surface area contributed by atoms with E-state index in [4.69, 9.17) is 5.11 Å². The lowest BCUT2D eigenvalue weighted by molar-refractivity contribution is 0.0686. The molecule has 0 bridgehead atoms. The number of carboxylic acid groups (broad SMARTS) is 1. The largest absolute Gasteiger partial charge is 0.477 e. The van der Waals surface area contributed by atoms with E-state index in [1.807, 2.05) is 0 Å². The van der Waals surface area contributed by atoms with Gasteiger partial charge in [0, 0.05) is 3.57 Å². The van der Waals surface area contributed by atoms with E-state index < -0.39 is 23.2 Å². The highest BCUT2D eigenvalue weighted by Gasteiger charge is 2.16. The van der Waals surface area contributed by atoms with Crippen LogP contribution in [0.1, 0.15) is 10.4 Å². The molecule has 1 aromatic rings. The van der Waals surface area contributed by atoms with Crippen molar-refractivity contribution in [2.75, 3.05) is 0 Å². The van der Waals surface area contributed by atoms with Crippen molar-refractivity contribution < 1.29 is 18.7 Å². The Balaban J connectivity index is 3.38. The Morgan fingerprint density at radius 3 is 2.08 bits per heavy atom. The van der Waals surface area contributed by atoms with Gasteiger partial charge in [0.05, 0.1) is 0 Å². The molecule has 0 fully saturated rings. The van der Waals surface area contributed by atoms with Crippen molar-refractivity contribution in [1.82, 2.24) is 0 Å².